The number of hydrogen-bond acceptors (Lipinski definition) is 6. The summed E-state index contributed by atoms with van der Waals surface area (Å²) >= 11 is 6.21. The number of carbonyl (C=O) groups is 1. The van der Waals surface area contributed by atoms with Gasteiger partial charge in [0.05, 0.1) is 19.1 Å². The third-order valence-electron chi connectivity index (χ3n) is 5.96. The number of halogens is 4. The van der Waals surface area contributed by atoms with Gasteiger partial charge in [-0.05, 0) is 61.3 Å². The van der Waals surface area contributed by atoms with Crippen LogP contribution < -0.4 is 11.1 Å². The lowest BCUT2D eigenvalue weighted by molar-refractivity contribution is -0.135. The minimum atomic E-state index is -4.55. The van der Waals surface area contributed by atoms with Crippen LogP contribution in [0.15, 0.2) is 76.1 Å². The van der Waals surface area contributed by atoms with Crippen molar-refractivity contribution >= 4 is 29.2 Å². The number of urea groups is 1. The standard InChI is InChI=1S/C28H35ClF3N5O3/c1-3-5-19(29)15-20(6-4-2)36-25-16-22(39)11-12-23(25)24(33)17-35-27(40)37(14-13-28(30,31)32)26(34)18-7-9-21(38)10-8-18/h3,5,7-10,15,22,34,38-39H,1,4,6,11-14,16-17,33H2,2H3,(H,35,40)/b19-5+,20-15+,24-23-,34-26?,36-25-. The van der Waals surface area contributed by atoms with E-state index >= 15 is 0 Å². The number of rotatable bonds is 10. The molecule has 1 atom stereocenters. The van der Waals surface area contributed by atoms with E-state index < -0.39 is 37.1 Å². The zero-order valence-corrected chi connectivity index (χ0v) is 23.0. The van der Waals surface area contributed by atoms with Crippen molar-refractivity contribution in [2.24, 2.45) is 10.7 Å². The van der Waals surface area contributed by atoms with Gasteiger partial charge in [-0.3, -0.25) is 15.3 Å². The molecule has 218 valence electrons. The van der Waals surface area contributed by atoms with Gasteiger partial charge in [0.1, 0.15) is 11.6 Å². The van der Waals surface area contributed by atoms with Crippen molar-refractivity contribution in [1.29, 1.82) is 5.41 Å². The van der Waals surface area contributed by atoms with Crippen LogP contribution in [0.5, 0.6) is 5.75 Å². The molecular formula is C28H35ClF3N5O3. The Hall–Kier alpha value is -3.57. The highest BCUT2D eigenvalue weighted by atomic mass is 35.5. The fraction of sp³-hybridized carbons (Fsp3) is 0.393. The number of allylic oxidation sites excluding steroid dienone is 6. The Balaban J connectivity index is 2.31. The normalized spacial score (nSPS) is 18.9. The van der Waals surface area contributed by atoms with Gasteiger partial charge in [0.25, 0.3) is 0 Å². The van der Waals surface area contributed by atoms with Crippen molar-refractivity contribution < 1.29 is 28.2 Å². The quantitative estimate of drug-likeness (QED) is 0.134. The molecule has 1 aliphatic carbocycles. The van der Waals surface area contributed by atoms with Crippen molar-refractivity contribution in [3.63, 3.8) is 0 Å². The van der Waals surface area contributed by atoms with Gasteiger partial charge in [0.2, 0.25) is 0 Å². The first-order chi connectivity index (χ1) is 18.8. The molecule has 1 aromatic rings. The Morgan fingerprint density at radius 3 is 2.62 bits per heavy atom. The van der Waals surface area contributed by atoms with E-state index in [0.717, 1.165) is 6.42 Å². The molecule has 2 amide bonds. The number of aliphatic imine (C=N–C) groups is 1. The second-order valence-corrected chi connectivity index (χ2v) is 9.64. The minimum Gasteiger partial charge on any atom is -0.508 e. The van der Waals surface area contributed by atoms with Crippen molar-refractivity contribution in [2.75, 3.05) is 13.1 Å². The number of phenols is 1. The summed E-state index contributed by atoms with van der Waals surface area (Å²) in [5.74, 6) is -0.553. The molecule has 40 heavy (non-hydrogen) atoms. The monoisotopic (exact) mass is 581 g/mol. The van der Waals surface area contributed by atoms with Gasteiger partial charge in [-0.2, -0.15) is 13.2 Å². The van der Waals surface area contributed by atoms with E-state index in [0.29, 0.717) is 46.2 Å². The molecule has 12 heteroatoms. The number of benzene rings is 1. The molecular weight excluding hydrogens is 547 g/mol. The van der Waals surface area contributed by atoms with Gasteiger partial charge in [-0.25, -0.2) is 4.79 Å². The molecule has 0 aliphatic heterocycles. The molecule has 0 bridgehead atoms. The molecule has 1 aliphatic rings. The summed E-state index contributed by atoms with van der Waals surface area (Å²) in [7, 11) is 0. The Bertz CT molecular complexity index is 1190. The number of nitrogens with two attached hydrogens (primary N) is 1. The van der Waals surface area contributed by atoms with Crippen molar-refractivity contribution in [1.82, 2.24) is 10.2 Å². The second-order valence-electron chi connectivity index (χ2n) is 9.20. The van der Waals surface area contributed by atoms with Crippen molar-refractivity contribution in [3.05, 3.63) is 76.6 Å². The number of aliphatic hydroxyl groups is 1. The van der Waals surface area contributed by atoms with Crippen LogP contribution in [0.1, 0.15) is 51.0 Å². The van der Waals surface area contributed by atoms with Gasteiger partial charge < -0.3 is 21.3 Å². The van der Waals surface area contributed by atoms with Crippen LogP contribution in [-0.2, 0) is 0 Å². The molecule has 0 radical (unpaired) electrons. The second kappa shape index (κ2) is 15.3. The first-order valence-electron chi connectivity index (χ1n) is 12.8. The third-order valence-corrected chi connectivity index (χ3v) is 6.20. The van der Waals surface area contributed by atoms with E-state index in [1.54, 1.807) is 18.2 Å². The number of aromatic hydroxyl groups is 1. The lowest BCUT2D eigenvalue weighted by Crippen LogP contribution is -2.46. The van der Waals surface area contributed by atoms with E-state index in [-0.39, 0.29) is 30.0 Å². The molecule has 1 fully saturated rings. The average molecular weight is 582 g/mol. The van der Waals surface area contributed by atoms with Gasteiger partial charge in [0.15, 0.2) is 0 Å². The molecule has 1 saturated carbocycles. The zero-order valence-electron chi connectivity index (χ0n) is 22.3. The van der Waals surface area contributed by atoms with Gasteiger partial charge in [-0.1, -0.05) is 37.6 Å². The Morgan fingerprint density at radius 1 is 1.35 bits per heavy atom. The van der Waals surface area contributed by atoms with Crippen LogP contribution in [0.3, 0.4) is 0 Å². The topological polar surface area (TPSA) is 135 Å². The van der Waals surface area contributed by atoms with E-state index in [9.17, 15) is 28.2 Å². The number of nitrogens with one attached hydrogen (secondary N) is 2. The predicted octanol–water partition coefficient (Wildman–Crippen LogP) is 5.87. The summed E-state index contributed by atoms with van der Waals surface area (Å²) in [5.41, 5.74) is 8.57. The highest BCUT2D eigenvalue weighted by Crippen LogP contribution is 2.26. The zero-order chi connectivity index (χ0) is 29.9. The summed E-state index contributed by atoms with van der Waals surface area (Å²) in [5, 5.41) is 31.0. The maximum atomic E-state index is 13.0. The maximum Gasteiger partial charge on any atom is 0.390 e. The van der Waals surface area contributed by atoms with E-state index in [4.69, 9.17) is 27.7 Å². The molecule has 0 aromatic heterocycles. The summed E-state index contributed by atoms with van der Waals surface area (Å²) < 4.78 is 38.9. The van der Waals surface area contributed by atoms with E-state index in [1.807, 2.05) is 6.92 Å². The first kappa shape index (κ1) is 32.6. The molecule has 8 nitrogen and oxygen atoms in total. The lowest BCUT2D eigenvalue weighted by atomic mass is 9.89. The SMILES string of the molecule is C=C\C=C(Cl)/C=C(CCC)/N=C1/CC(O)CC/C1=C(/N)CNC(=O)N(CCC(F)(F)F)C(=N)c1ccc(O)cc1. The summed E-state index contributed by atoms with van der Waals surface area (Å²) in [4.78, 5) is 18.4. The number of amides is 2. The largest absolute Gasteiger partial charge is 0.508 e. The number of alkyl halides is 3. The third kappa shape index (κ3) is 10.5. The molecule has 0 heterocycles. The van der Waals surface area contributed by atoms with Gasteiger partial charge in [-0.15, -0.1) is 0 Å². The van der Waals surface area contributed by atoms with Crippen LogP contribution in [0, 0.1) is 5.41 Å². The smallest absolute Gasteiger partial charge is 0.390 e. The number of hydrogen-bond donors (Lipinski definition) is 5. The van der Waals surface area contributed by atoms with Crippen LogP contribution in [-0.4, -0.2) is 58.1 Å². The van der Waals surface area contributed by atoms with Crippen LogP contribution >= 0.6 is 11.6 Å². The molecule has 0 spiro atoms. The van der Waals surface area contributed by atoms with Crippen LogP contribution in [0.2, 0.25) is 0 Å². The summed E-state index contributed by atoms with van der Waals surface area (Å²) in [6.07, 6.45) is 0.815. The molecule has 0 saturated heterocycles. The molecule has 2 rings (SSSR count). The molecule has 1 aromatic carbocycles. The highest BCUT2D eigenvalue weighted by molar-refractivity contribution is 6.31. The van der Waals surface area contributed by atoms with E-state index in [2.05, 4.69) is 11.9 Å². The molecule has 1 unspecified atom stereocenters. The number of nitrogens with zero attached hydrogens (tertiary/aromatic N) is 2. The number of phenolic OH excluding ortho intramolecular Hbond substituents is 1. The maximum absolute atomic E-state index is 13.0. The van der Waals surface area contributed by atoms with Crippen LogP contribution in [0.25, 0.3) is 0 Å². The predicted molar refractivity (Wildman–Crippen MR) is 151 cm³/mol. The first-order valence-corrected chi connectivity index (χ1v) is 13.1. The van der Waals surface area contributed by atoms with Crippen molar-refractivity contribution in [2.45, 2.75) is 57.7 Å². The number of amidine groups is 1. The average Bonchev–Trinajstić information content (AvgIpc) is 2.87. The van der Waals surface area contributed by atoms with Crippen LogP contribution in [0.4, 0.5) is 18.0 Å². The van der Waals surface area contributed by atoms with E-state index in [1.165, 1.54) is 24.3 Å². The highest BCUT2D eigenvalue weighted by Gasteiger charge is 2.31. The summed E-state index contributed by atoms with van der Waals surface area (Å²) in [6.45, 7) is 4.61. The Labute approximate surface area is 236 Å². The van der Waals surface area contributed by atoms with Crippen molar-refractivity contribution in [3.8, 4) is 5.75 Å². The fourth-order valence-corrected chi connectivity index (χ4v) is 4.19. The Morgan fingerprint density at radius 2 is 2.02 bits per heavy atom. The number of carbonyl (C=O) groups excluding carboxylic acids is 1. The minimum absolute atomic E-state index is 0.0896. The molecule has 6 N–H and O–H groups in total. The fourth-order valence-electron chi connectivity index (χ4n) is 3.97. The summed E-state index contributed by atoms with van der Waals surface area (Å²) in [6, 6.07) is 4.26. The Kier molecular flexibility index (Phi) is 12.5. The lowest BCUT2D eigenvalue weighted by Gasteiger charge is -2.26. The van der Waals surface area contributed by atoms with Gasteiger partial charge >= 0.3 is 12.2 Å². The number of aliphatic hydroxyl groups excluding tert-OH is 1. The van der Waals surface area contributed by atoms with Gasteiger partial charge in [0, 0.05) is 40.7 Å².